The monoisotopic (exact) mass is 433 g/mol. The van der Waals surface area contributed by atoms with Crippen molar-refractivity contribution in [1.29, 1.82) is 0 Å². The van der Waals surface area contributed by atoms with Crippen LogP contribution in [-0.4, -0.2) is 46.5 Å². The highest BCUT2D eigenvalue weighted by Crippen LogP contribution is 2.28. The maximum atomic E-state index is 12.9. The highest BCUT2D eigenvalue weighted by molar-refractivity contribution is 6.31. The zero-order valence-corrected chi connectivity index (χ0v) is 18.1. The van der Waals surface area contributed by atoms with Gasteiger partial charge in [0.25, 0.3) is 0 Å². The maximum Gasteiger partial charge on any atom is 0.321 e. The molecule has 4 aromatic rings. The summed E-state index contributed by atoms with van der Waals surface area (Å²) in [6.45, 7) is 4.92. The van der Waals surface area contributed by atoms with Crippen LogP contribution in [0.4, 0.5) is 16.3 Å². The first-order chi connectivity index (χ1) is 15.1. The number of benzene rings is 2. The average Bonchev–Trinajstić information content (AvgIpc) is 3.12. The molecule has 1 fully saturated rings. The van der Waals surface area contributed by atoms with Crippen molar-refractivity contribution in [3.8, 4) is 0 Å². The van der Waals surface area contributed by atoms with Crippen molar-refractivity contribution in [1.82, 2.24) is 14.3 Å². The van der Waals surface area contributed by atoms with Crippen molar-refractivity contribution in [3.05, 3.63) is 71.4 Å². The molecule has 1 saturated heterocycles. The van der Waals surface area contributed by atoms with E-state index in [2.05, 4.69) is 26.9 Å². The molecule has 2 aromatic carbocycles. The summed E-state index contributed by atoms with van der Waals surface area (Å²) in [5, 5.41) is 3.73. The number of hydrogen-bond acceptors (Lipinski definition) is 3. The van der Waals surface area contributed by atoms with E-state index in [9.17, 15) is 4.79 Å². The molecule has 0 radical (unpaired) electrons. The number of aryl methyl sites for hydroxylation is 1. The van der Waals surface area contributed by atoms with Crippen LogP contribution in [0, 0.1) is 6.92 Å². The molecule has 1 aliphatic rings. The van der Waals surface area contributed by atoms with E-state index >= 15 is 0 Å². The van der Waals surface area contributed by atoms with Crippen LogP contribution < -0.4 is 10.2 Å². The molecule has 5 rings (SSSR count). The number of urea groups is 1. The molecular weight excluding hydrogens is 410 g/mol. The van der Waals surface area contributed by atoms with Crippen molar-refractivity contribution < 1.29 is 4.79 Å². The van der Waals surface area contributed by atoms with E-state index in [-0.39, 0.29) is 6.03 Å². The molecule has 2 amide bonds. The Kier molecular flexibility index (Phi) is 5.16. The fourth-order valence-electron chi connectivity index (χ4n) is 4.21. The molecule has 0 saturated carbocycles. The smallest absolute Gasteiger partial charge is 0.321 e. The summed E-state index contributed by atoms with van der Waals surface area (Å²) in [7, 11) is 0. The number of nitrogens with zero attached hydrogens (tertiary/aromatic N) is 4. The number of rotatable bonds is 2. The molecule has 6 nitrogen and oxygen atoms in total. The number of anilines is 2. The third-order valence-electron chi connectivity index (χ3n) is 5.87. The number of amides is 2. The van der Waals surface area contributed by atoms with Crippen molar-refractivity contribution in [2.75, 3.05) is 36.4 Å². The summed E-state index contributed by atoms with van der Waals surface area (Å²) in [6.07, 6.45) is 2.93. The summed E-state index contributed by atoms with van der Waals surface area (Å²) in [5.74, 6) is 0.931. The quantitative estimate of drug-likeness (QED) is 0.473. The van der Waals surface area contributed by atoms with Crippen molar-refractivity contribution in [2.24, 2.45) is 0 Å². The molecule has 0 aliphatic carbocycles. The molecule has 0 spiro atoms. The SMILES string of the molecule is Cc1ccccc1NC(=O)N1CCCN(c2nc3cc(Cl)ccc3n3cccc23)CC1. The zero-order valence-electron chi connectivity index (χ0n) is 17.4. The largest absolute Gasteiger partial charge is 0.353 e. The number of halogens is 1. The summed E-state index contributed by atoms with van der Waals surface area (Å²) in [5.41, 5.74) is 4.87. The lowest BCUT2D eigenvalue weighted by molar-refractivity contribution is 0.215. The number of carbonyl (C=O) groups is 1. The standard InChI is InChI=1S/C24H24ClN5O/c1-17-6-2-3-7-19(17)27-24(31)29-12-5-11-28(14-15-29)23-22-8-4-13-30(22)21-10-9-18(25)16-20(21)26-23/h2-4,6-10,13,16H,5,11-12,14-15H2,1H3,(H,27,31). The minimum absolute atomic E-state index is 0.0535. The summed E-state index contributed by atoms with van der Waals surface area (Å²) in [4.78, 5) is 22.0. The number of carbonyl (C=O) groups excluding carboxylic acids is 1. The molecule has 31 heavy (non-hydrogen) atoms. The van der Waals surface area contributed by atoms with Gasteiger partial charge in [-0.15, -0.1) is 0 Å². The number of para-hydroxylation sites is 1. The molecule has 0 bridgehead atoms. The van der Waals surface area contributed by atoms with E-state index in [0.717, 1.165) is 53.1 Å². The van der Waals surface area contributed by atoms with E-state index in [1.54, 1.807) is 0 Å². The van der Waals surface area contributed by atoms with E-state index in [1.165, 1.54) is 0 Å². The van der Waals surface area contributed by atoms with Gasteiger partial charge >= 0.3 is 6.03 Å². The first kappa shape index (κ1) is 19.7. The van der Waals surface area contributed by atoms with E-state index in [4.69, 9.17) is 16.6 Å². The highest BCUT2D eigenvalue weighted by Gasteiger charge is 2.22. The van der Waals surface area contributed by atoms with E-state index in [0.29, 0.717) is 18.1 Å². The van der Waals surface area contributed by atoms with Crippen molar-refractivity contribution >= 4 is 45.7 Å². The third-order valence-corrected chi connectivity index (χ3v) is 6.11. The Morgan fingerprint density at radius 1 is 1.00 bits per heavy atom. The van der Waals surface area contributed by atoms with Gasteiger partial charge in [-0.3, -0.25) is 0 Å². The Bertz CT molecular complexity index is 1270. The van der Waals surface area contributed by atoms with E-state index in [1.807, 2.05) is 60.4 Å². The average molecular weight is 434 g/mol. The van der Waals surface area contributed by atoms with Gasteiger partial charge in [-0.25, -0.2) is 9.78 Å². The maximum absolute atomic E-state index is 12.9. The molecule has 158 valence electrons. The Morgan fingerprint density at radius 2 is 1.87 bits per heavy atom. The second-order valence-corrected chi connectivity index (χ2v) is 8.34. The van der Waals surface area contributed by atoms with E-state index < -0.39 is 0 Å². The third kappa shape index (κ3) is 3.79. The normalized spacial score (nSPS) is 14.8. The predicted molar refractivity (Wildman–Crippen MR) is 126 cm³/mol. The molecule has 2 aromatic heterocycles. The van der Waals surface area contributed by atoms with Gasteiger partial charge in [0.15, 0.2) is 5.82 Å². The number of aromatic nitrogens is 2. The lowest BCUT2D eigenvalue weighted by Crippen LogP contribution is -2.38. The van der Waals surface area contributed by atoms with Gasteiger partial charge < -0.3 is 19.5 Å². The Labute approximate surface area is 186 Å². The number of hydrogen-bond donors (Lipinski definition) is 1. The highest BCUT2D eigenvalue weighted by atomic mass is 35.5. The second kappa shape index (κ2) is 8.12. The molecular formula is C24H24ClN5O. The summed E-state index contributed by atoms with van der Waals surface area (Å²) < 4.78 is 2.15. The fourth-order valence-corrected chi connectivity index (χ4v) is 4.37. The van der Waals surface area contributed by atoms with Gasteiger partial charge in [-0.2, -0.15) is 0 Å². The van der Waals surface area contributed by atoms with Crippen LogP contribution in [0.15, 0.2) is 60.8 Å². The van der Waals surface area contributed by atoms with Crippen molar-refractivity contribution in [2.45, 2.75) is 13.3 Å². The van der Waals surface area contributed by atoms with Gasteiger partial charge in [0.1, 0.15) is 0 Å². The van der Waals surface area contributed by atoms with Crippen LogP contribution in [0.25, 0.3) is 16.6 Å². The van der Waals surface area contributed by atoms with Crippen LogP contribution in [0.2, 0.25) is 5.02 Å². The predicted octanol–water partition coefficient (Wildman–Crippen LogP) is 5.19. The van der Waals surface area contributed by atoms with Gasteiger partial charge in [-0.05, 0) is 55.3 Å². The van der Waals surface area contributed by atoms with Crippen LogP contribution in [0.3, 0.4) is 0 Å². The first-order valence-electron chi connectivity index (χ1n) is 10.5. The molecule has 0 atom stereocenters. The van der Waals surface area contributed by atoms with Crippen molar-refractivity contribution in [3.63, 3.8) is 0 Å². The topological polar surface area (TPSA) is 52.9 Å². The Hall–Kier alpha value is -3.25. The molecule has 1 aliphatic heterocycles. The lowest BCUT2D eigenvalue weighted by atomic mass is 10.2. The lowest BCUT2D eigenvalue weighted by Gasteiger charge is -2.24. The van der Waals surface area contributed by atoms with Gasteiger partial charge in [0.05, 0.1) is 16.6 Å². The van der Waals surface area contributed by atoms with Crippen LogP contribution in [0.5, 0.6) is 0 Å². The number of fused-ring (bicyclic) bond motifs is 3. The van der Waals surface area contributed by atoms with Gasteiger partial charge in [0, 0.05) is 43.1 Å². The van der Waals surface area contributed by atoms with Crippen LogP contribution >= 0.6 is 11.6 Å². The fraction of sp³-hybridized carbons (Fsp3) is 0.250. The molecule has 3 heterocycles. The minimum Gasteiger partial charge on any atom is -0.353 e. The van der Waals surface area contributed by atoms with Gasteiger partial charge in [0.2, 0.25) is 0 Å². The second-order valence-electron chi connectivity index (χ2n) is 7.90. The number of nitrogens with one attached hydrogen (secondary N) is 1. The first-order valence-corrected chi connectivity index (χ1v) is 10.9. The minimum atomic E-state index is -0.0535. The molecule has 1 N–H and O–H groups in total. The van der Waals surface area contributed by atoms with Crippen LogP contribution in [-0.2, 0) is 0 Å². The summed E-state index contributed by atoms with van der Waals surface area (Å²) >= 11 is 6.23. The van der Waals surface area contributed by atoms with Crippen LogP contribution in [0.1, 0.15) is 12.0 Å². The Balaban J connectivity index is 1.39. The van der Waals surface area contributed by atoms with Gasteiger partial charge in [-0.1, -0.05) is 29.8 Å². The summed E-state index contributed by atoms with van der Waals surface area (Å²) in [6, 6.07) is 17.7. The Morgan fingerprint density at radius 3 is 2.74 bits per heavy atom. The zero-order chi connectivity index (χ0) is 21.4. The molecule has 7 heteroatoms. The molecule has 0 unspecified atom stereocenters.